The molecular weight excluding hydrogens is 258 g/mol. The number of carbonyl (C=O) groups excluding carboxylic acids is 1. The van der Waals surface area contributed by atoms with E-state index in [4.69, 9.17) is 4.52 Å². The third kappa shape index (κ3) is 2.25. The Labute approximate surface area is 114 Å². The lowest BCUT2D eigenvalue weighted by atomic mass is 10.3. The van der Waals surface area contributed by atoms with Gasteiger partial charge in [0.25, 0.3) is 5.91 Å². The summed E-state index contributed by atoms with van der Waals surface area (Å²) in [7, 11) is 0. The van der Waals surface area contributed by atoms with Crippen molar-refractivity contribution in [1.82, 2.24) is 25.1 Å². The van der Waals surface area contributed by atoms with Crippen LogP contribution in [0.1, 0.15) is 27.6 Å². The fraction of sp³-hybridized carbons (Fsp3) is 0.231. The fourth-order valence-corrected chi connectivity index (χ4v) is 1.95. The highest BCUT2D eigenvalue weighted by molar-refractivity contribution is 5.92. The van der Waals surface area contributed by atoms with Crippen LogP contribution in [0.4, 0.5) is 0 Å². The van der Waals surface area contributed by atoms with Gasteiger partial charge in [0.1, 0.15) is 17.7 Å². The minimum absolute atomic E-state index is 0.252. The molecule has 7 nitrogen and oxygen atoms in total. The highest BCUT2D eigenvalue weighted by Crippen LogP contribution is 2.09. The minimum atomic E-state index is -0.252. The Hall–Kier alpha value is -2.70. The van der Waals surface area contributed by atoms with Crippen LogP contribution in [0.25, 0.3) is 5.65 Å². The van der Waals surface area contributed by atoms with Crippen molar-refractivity contribution in [3.63, 3.8) is 0 Å². The molecule has 0 aliphatic carbocycles. The molecule has 0 saturated heterocycles. The molecule has 1 amide bonds. The molecule has 3 heterocycles. The molecule has 102 valence electrons. The number of carbonyl (C=O) groups is 1. The van der Waals surface area contributed by atoms with Crippen molar-refractivity contribution in [2.45, 2.75) is 20.4 Å². The van der Waals surface area contributed by atoms with E-state index in [1.807, 2.05) is 19.9 Å². The molecule has 7 heteroatoms. The van der Waals surface area contributed by atoms with Gasteiger partial charge < -0.3 is 9.84 Å². The molecule has 0 radical (unpaired) electrons. The maximum atomic E-state index is 12.1. The molecule has 3 rings (SSSR count). The zero-order valence-electron chi connectivity index (χ0n) is 11.1. The number of nitrogens with one attached hydrogen (secondary N) is 1. The number of fused-ring (bicyclic) bond motifs is 1. The maximum absolute atomic E-state index is 12.1. The van der Waals surface area contributed by atoms with Gasteiger partial charge in [-0.25, -0.2) is 9.50 Å². The monoisotopic (exact) mass is 271 g/mol. The number of rotatable bonds is 3. The Morgan fingerprint density at radius 2 is 2.25 bits per heavy atom. The summed E-state index contributed by atoms with van der Waals surface area (Å²) in [6, 6.07) is 5.24. The summed E-state index contributed by atoms with van der Waals surface area (Å²) < 4.78 is 6.42. The number of hydrogen-bond acceptors (Lipinski definition) is 5. The lowest BCUT2D eigenvalue weighted by molar-refractivity contribution is 0.0945. The fourth-order valence-electron chi connectivity index (χ4n) is 1.95. The van der Waals surface area contributed by atoms with Gasteiger partial charge in [0.05, 0.1) is 12.2 Å². The van der Waals surface area contributed by atoms with E-state index in [0.29, 0.717) is 23.6 Å². The van der Waals surface area contributed by atoms with Crippen LogP contribution in [-0.2, 0) is 6.54 Å². The summed E-state index contributed by atoms with van der Waals surface area (Å²) in [5.41, 5.74) is 3.40. The number of aromatic nitrogens is 4. The first-order chi connectivity index (χ1) is 9.63. The zero-order chi connectivity index (χ0) is 14.1. The van der Waals surface area contributed by atoms with E-state index < -0.39 is 0 Å². The van der Waals surface area contributed by atoms with Crippen molar-refractivity contribution in [2.75, 3.05) is 0 Å². The molecule has 1 N–H and O–H groups in total. The van der Waals surface area contributed by atoms with Gasteiger partial charge in [-0.3, -0.25) is 4.79 Å². The lowest BCUT2D eigenvalue weighted by Crippen LogP contribution is -2.24. The molecule has 0 aliphatic rings. The summed E-state index contributed by atoms with van der Waals surface area (Å²) in [5.74, 6) is -0.252. The molecule has 0 bridgehead atoms. The van der Waals surface area contributed by atoms with Gasteiger partial charge in [0, 0.05) is 17.8 Å². The highest BCUT2D eigenvalue weighted by Gasteiger charge is 2.12. The van der Waals surface area contributed by atoms with Crippen molar-refractivity contribution in [3.8, 4) is 0 Å². The first-order valence-electron chi connectivity index (χ1n) is 6.15. The number of aryl methyl sites for hydroxylation is 2. The summed E-state index contributed by atoms with van der Waals surface area (Å²) in [5, 5.41) is 10.8. The third-order valence-electron chi connectivity index (χ3n) is 2.88. The Morgan fingerprint density at radius 3 is 3.00 bits per heavy atom. The maximum Gasteiger partial charge on any atom is 0.270 e. The van der Waals surface area contributed by atoms with E-state index in [1.165, 1.54) is 6.26 Å². The second kappa shape index (κ2) is 4.76. The topological polar surface area (TPSA) is 85.3 Å². The van der Waals surface area contributed by atoms with Crippen LogP contribution in [0, 0.1) is 13.8 Å². The number of amides is 1. The van der Waals surface area contributed by atoms with Crippen molar-refractivity contribution < 1.29 is 9.32 Å². The molecule has 0 aliphatic heterocycles. The molecule has 20 heavy (non-hydrogen) atoms. The summed E-state index contributed by atoms with van der Waals surface area (Å²) >= 11 is 0. The average Bonchev–Trinajstić information content (AvgIpc) is 3.04. The van der Waals surface area contributed by atoms with E-state index in [-0.39, 0.29) is 5.91 Å². The van der Waals surface area contributed by atoms with Crippen molar-refractivity contribution >= 4 is 11.6 Å². The van der Waals surface area contributed by atoms with Crippen molar-refractivity contribution in [2.24, 2.45) is 0 Å². The molecule has 0 aromatic carbocycles. The quantitative estimate of drug-likeness (QED) is 0.775. The average molecular weight is 271 g/mol. The smallest absolute Gasteiger partial charge is 0.270 e. The van der Waals surface area contributed by atoms with E-state index in [2.05, 4.69) is 20.6 Å². The summed E-state index contributed by atoms with van der Waals surface area (Å²) in [6.07, 6.45) is 1.46. The molecule has 0 spiro atoms. The molecule has 3 aromatic heterocycles. The van der Waals surface area contributed by atoms with Crippen LogP contribution in [0.15, 0.2) is 29.0 Å². The summed E-state index contributed by atoms with van der Waals surface area (Å²) in [4.78, 5) is 16.4. The third-order valence-corrected chi connectivity index (χ3v) is 2.88. The lowest BCUT2D eigenvalue weighted by Gasteiger charge is -2.05. The summed E-state index contributed by atoms with van der Waals surface area (Å²) in [6.45, 7) is 4.08. The Kier molecular flexibility index (Phi) is 2.94. The van der Waals surface area contributed by atoms with Crippen molar-refractivity contribution in [1.29, 1.82) is 0 Å². The van der Waals surface area contributed by atoms with Gasteiger partial charge in [-0.05, 0) is 19.9 Å². The van der Waals surface area contributed by atoms with Crippen molar-refractivity contribution in [3.05, 3.63) is 47.2 Å². The van der Waals surface area contributed by atoms with E-state index in [0.717, 1.165) is 11.4 Å². The zero-order valence-corrected chi connectivity index (χ0v) is 11.1. The second-order valence-electron chi connectivity index (χ2n) is 4.51. The van der Waals surface area contributed by atoms with Gasteiger partial charge >= 0.3 is 0 Å². The normalized spacial score (nSPS) is 10.9. The standard InChI is InChI=1S/C13H13N5O2/c1-8-5-12-15-11(6-9(2)18(12)16-8)13(19)14-7-10-3-4-20-17-10/h3-6H,7H2,1-2H3,(H,14,19). The van der Waals surface area contributed by atoms with Gasteiger partial charge in [-0.15, -0.1) is 0 Å². The molecular formula is C13H13N5O2. The Bertz CT molecular complexity index is 761. The van der Waals surface area contributed by atoms with E-state index in [1.54, 1.807) is 16.6 Å². The van der Waals surface area contributed by atoms with Crippen LogP contribution >= 0.6 is 0 Å². The predicted molar refractivity (Wildman–Crippen MR) is 70.1 cm³/mol. The SMILES string of the molecule is Cc1cc2nc(C(=O)NCc3ccon3)cc(C)n2n1. The number of hydrogen-bond donors (Lipinski definition) is 1. The molecule has 0 atom stereocenters. The Balaban J connectivity index is 1.84. The van der Waals surface area contributed by atoms with Gasteiger partial charge in [0.2, 0.25) is 0 Å². The van der Waals surface area contributed by atoms with Crippen LogP contribution in [0.2, 0.25) is 0 Å². The second-order valence-corrected chi connectivity index (χ2v) is 4.51. The van der Waals surface area contributed by atoms with E-state index in [9.17, 15) is 4.79 Å². The highest BCUT2D eigenvalue weighted by atomic mass is 16.5. The first kappa shape index (κ1) is 12.3. The van der Waals surface area contributed by atoms with Crippen LogP contribution in [0.5, 0.6) is 0 Å². The first-order valence-corrected chi connectivity index (χ1v) is 6.15. The molecule has 0 unspecified atom stereocenters. The molecule has 0 saturated carbocycles. The van der Waals surface area contributed by atoms with Gasteiger partial charge in [0.15, 0.2) is 5.65 Å². The molecule has 3 aromatic rings. The van der Waals surface area contributed by atoms with Gasteiger partial charge in [-0.2, -0.15) is 5.10 Å². The van der Waals surface area contributed by atoms with Gasteiger partial charge in [-0.1, -0.05) is 5.16 Å². The molecule has 0 fully saturated rings. The van der Waals surface area contributed by atoms with Crippen LogP contribution in [0.3, 0.4) is 0 Å². The van der Waals surface area contributed by atoms with Crippen LogP contribution < -0.4 is 5.32 Å². The predicted octanol–water partition coefficient (Wildman–Crippen LogP) is 1.26. The number of nitrogens with zero attached hydrogens (tertiary/aromatic N) is 4. The largest absolute Gasteiger partial charge is 0.364 e. The minimum Gasteiger partial charge on any atom is -0.364 e. The van der Waals surface area contributed by atoms with E-state index >= 15 is 0 Å². The Morgan fingerprint density at radius 1 is 1.40 bits per heavy atom. The van der Waals surface area contributed by atoms with Crippen LogP contribution in [-0.4, -0.2) is 25.7 Å².